The number of carbonyl (C=O) groups is 1. The summed E-state index contributed by atoms with van der Waals surface area (Å²) in [6, 6.07) is 7.76. The number of hydrogen-bond donors (Lipinski definition) is 1. The lowest BCUT2D eigenvalue weighted by Gasteiger charge is -2.04. The largest absolute Gasteiger partial charge is 0.486 e. The van der Waals surface area contributed by atoms with E-state index in [2.05, 4.69) is 4.98 Å². The van der Waals surface area contributed by atoms with Crippen molar-refractivity contribution in [3.05, 3.63) is 45.4 Å². The van der Waals surface area contributed by atoms with Crippen LogP contribution in [0.1, 0.15) is 21.1 Å². The van der Waals surface area contributed by atoms with Crippen molar-refractivity contribution >= 4 is 17.3 Å². The lowest BCUT2D eigenvalue weighted by Crippen LogP contribution is -2.02. The molecular formula is C15H17NO4S. The van der Waals surface area contributed by atoms with Gasteiger partial charge in [-0.2, -0.15) is 0 Å². The van der Waals surface area contributed by atoms with Crippen LogP contribution >= 0.6 is 11.3 Å². The molecule has 21 heavy (non-hydrogen) atoms. The van der Waals surface area contributed by atoms with Gasteiger partial charge in [0, 0.05) is 12.0 Å². The first kappa shape index (κ1) is 15.5. The molecule has 0 spiro atoms. The third-order valence-electron chi connectivity index (χ3n) is 2.77. The van der Waals surface area contributed by atoms with E-state index in [-0.39, 0.29) is 6.42 Å². The summed E-state index contributed by atoms with van der Waals surface area (Å²) in [5.41, 5.74) is 1.80. The number of rotatable bonds is 7. The predicted molar refractivity (Wildman–Crippen MR) is 79.7 cm³/mol. The van der Waals surface area contributed by atoms with Crippen LogP contribution in [-0.4, -0.2) is 23.2 Å². The summed E-state index contributed by atoms with van der Waals surface area (Å²) < 4.78 is 10.7. The van der Waals surface area contributed by atoms with Gasteiger partial charge in [0.05, 0.1) is 18.7 Å². The van der Waals surface area contributed by atoms with Gasteiger partial charge in [-0.15, -0.1) is 11.3 Å². The van der Waals surface area contributed by atoms with Crippen molar-refractivity contribution in [3.63, 3.8) is 0 Å². The Kier molecular flexibility index (Phi) is 5.30. The van der Waals surface area contributed by atoms with Crippen LogP contribution in [-0.2, 0) is 29.2 Å². The number of ether oxygens (including phenoxy) is 2. The zero-order valence-electron chi connectivity index (χ0n) is 12.0. The third kappa shape index (κ3) is 4.54. The SMILES string of the molecule is COCc1nc(COc2cccc(C)c2)sc1CC(=O)O. The minimum absolute atomic E-state index is 0.0409. The molecule has 0 saturated carbocycles. The second-order valence-corrected chi connectivity index (χ2v) is 5.75. The summed E-state index contributed by atoms with van der Waals surface area (Å²) in [6.45, 7) is 2.63. The zero-order valence-corrected chi connectivity index (χ0v) is 12.8. The molecule has 0 aliphatic carbocycles. The normalized spacial score (nSPS) is 10.6. The van der Waals surface area contributed by atoms with Gasteiger partial charge in [0.15, 0.2) is 0 Å². The van der Waals surface area contributed by atoms with E-state index in [1.807, 2.05) is 31.2 Å². The molecule has 0 atom stereocenters. The quantitative estimate of drug-likeness (QED) is 0.852. The Morgan fingerprint density at radius 3 is 2.86 bits per heavy atom. The Morgan fingerprint density at radius 2 is 2.19 bits per heavy atom. The van der Waals surface area contributed by atoms with Gasteiger partial charge in [0.2, 0.25) is 0 Å². The fraction of sp³-hybridized carbons (Fsp3) is 0.333. The second kappa shape index (κ2) is 7.19. The molecule has 1 aromatic carbocycles. The van der Waals surface area contributed by atoms with Crippen molar-refractivity contribution in [2.45, 2.75) is 26.6 Å². The van der Waals surface area contributed by atoms with Crippen molar-refractivity contribution in [1.29, 1.82) is 0 Å². The summed E-state index contributed by atoms with van der Waals surface area (Å²) in [7, 11) is 1.56. The Hall–Kier alpha value is -1.92. The topological polar surface area (TPSA) is 68.7 Å². The van der Waals surface area contributed by atoms with E-state index in [9.17, 15) is 4.79 Å². The van der Waals surface area contributed by atoms with Gasteiger partial charge in [0.25, 0.3) is 0 Å². The Labute approximate surface area is 127 Å². The average molecular weight is 307 g/mol. The minimum atomic E-state index is -0.873. The molecule has 0 amide bonds. The molecule has 6 heteroatoms. The van der Waals surface area contributed by atoms with Crippen LogP contribution in [0.15, 0.2) is 24.3 Å². The van der Waals surface area contributed by atoms with Gasteiger partial charge in [-0.3, -0.25) is 4.79 Å². The Bertz CT molecular complexity index is 624. The molecule has 0 unspecified atom stereocenters. The zero-order chi connectivity index (χ0) is 15.2. The molecule has 0 bridgehead atoms. The summed E-state index contributed by atoms with van der Waals surface area (Å²) in [5.74, 6) is -0.0968. The van der Waals surface area contributed by atoms with Crippen LogP contribution in [0.25, 0.3) is 0 Å². The molecule has 2 rings (SSSR count). The van der Waals surface area contributed by atoms with Gasteiger partial charge in [-0.1, -0.05) is 12.1 Å². The van der Waals surface area contributed by atoms with E-state index >= 15 is 0 Å². The maximum absolute atomic E-state index is 10.9. The molecule has 1 heterocycles. The first-order valence-electron chi connectivity index (χ1n) is 6.46. The van der Waals surface area contributed by atoms with Crippen LogP contribution in [0.2, 0.25) is 0 Å². The lowest BCUT2D eigenvalue weighted by atomic mass is 10.2. The number of benzene rings is 1. The first-order valence-corrected chi connectivity index (χ1v) is 7.27. The van der Waals surface area contributed by atoms with Gasteiger partial charge >= 0.3 is 5.97 Å². The number of nitrogens with zero attached hydrogens (tertiary/aromatic N) is 1. The van der Waals surface area contributed by atoms with E-state index in [0.717, 1.165) is 16.3 Å². The van der Waals surface area contributed by atoms with Crippen LogP contribution < -0.4 is 4.74 Å². The maximum atomic E-state index is 10.9. The molecule has 0 saturated heterocycles. The van der Waals surface area contributed by atoms with Crippen LogP contribution in [0.3, 0.4) is 0 Å². The third-order valence-corrected chi connectivity index (χ3v) is 3.84. The number of carboxylic acid groups (broad SMARTS) is 1. The Balaban J connectivity index is 2.07. The van der Waals surface area contributed by atoms with E-state index in [1.54, 1.807) is 7.11 Å². The van der Waals surface area contributed by atoms with Crippen molar-refractivity contribution in [1.82, 2.24) is 4.98 Å². The number of carboxylic acids is 1. The van der Waals surface area contributed by atoms with Crippen molar-refractivity contribution in [2.24, 2.45) is 0 Å². The molecule has 0 aliphatic heterocycles. The Morgan fingerprint density at radius 1 is 1.38 bits per heavy atom. The van der Waals surface area contributed by atoms with Crippen molar-refractivity contribution < 1.29 is 19.4 Å². The van der Waals surface area contributed by atoms with Gasteiger partial charge < -0.3 is 14.6 Å². The van der Waals surface area contributed by atoms with Crippen LogP contribution in [0.4, 0.5) is 0 Å². The van der Waals surface area contributed by atoms with Gasteiger partial charge in [-0.25, -0.2) is 4.98 Å². The number of aromatic nitrogens is 1. The standard InChI is InChI=1S/C15H17NO4S/c1-10-4-3-5-11(6-10)20-9-14-16-12(8-19-2)13(21-14)7-15(17)18/h3-6H,7-9H2,1-2H3,(H,17,18). The molecule has 112 valence electrons. The summed E-state index contributed by atoms with van der Waals surface area (Å²) in [6.07, 6.45) is -0.0409. The highest BCUT2D eigenvalue weighted by Gasteiger charge is 2.14. The average Bonchev–Trinajstić information content (AvgIpc) is 2.78. The second-order valence-electron chi connectivity index (χ2n) is 4.59. The number of hydrogen-bond acceptors (Lipinski definition) is 5. The predicted octanol–water partition coefficient (Wildman–Crippen LogP) is 2.80. The van der Waals surface area contributed by atoms with Gasteiger partial charge in [-0.05, 0) is 24.6 Å². The molecular weight excluding hydrogens is 290 g/mol. The van der Waals surface area contributed by atoms with Crippen molar-refractivity contribution in [2.75, 3.05) is 7.11 Å². The molecule has 0 radical (unpaired) electrons. The number of methoxy groups -OCH3 is 1. The lowest BCUT2D eigenvalue weighted by molar-refractivity contribution is -0.136. The highest BCUT2D eigenvalue weighted by atomic mass is 32.1. The molecule has 1 aromatic heterocycles. The number of thiazole rings is 1. The monoisotopic (exact) mass is 307 g/mol. The summed E-state index contributed by atoms with van der Waals surface area (Å²) in [4.78, 5) is 16.0. The van der Waals surface area contributed by atoms with E-state index in [4.69, 9.17) is 14.6 Å². The minimum Gasteiger partial charge on any atom is -0.486 e. The molecule has 0 fully saturated rings. The van der Waals surface area contributed by atoms with Gasteiger partial charge in [0.1, 0.15) is 17.4 Å². The summed E-state index contributed by atoms with van der Waals surface area (Å²) in [5, 5.41) is 9.66. The highest BCUT2D eigenvalue weighted by Crippen LogP contribution is 2.22. The number of aryl methyl sites for hydroxylation is 1. The molecule has 5 nitrogen and oxygen atoms in total. The fourth-order valence-corrected chi connectivity index (χ4v) is 2.85. The van der Waals surface area contributed by atoms with E-state index in [1.165, 1.54) is 11.3 Å². The fourth-order valence-electron chi connectivity index (χ4n) is 1.87. The van der Waals surface area contributed by atoms with E-state index in [0.29, 0.717) is 23.8 Å². The van der Waals surface area contributed by atoms with E-state index < -0.39 is 5.97 Å². The smallest absolute Gasteiger partial charge is 0.308 e. The van der Waals surface area contributed by atoms with Crippen LogP contribution in [0.5, 0.6) is 5.75 Å². The highest BCUT2D eigenvalue weighted by molar-refractivity contribution is 7.11. The van der Waals surface area contributed by atoms with Crippen LogP contribution in [0, 0.1) is 6.92 Å². The molecule has 2 aromatic rings. The van der Waals surface area contributed by atoms with Crippen molar-refractivity contribution in [3.8, 4) is 5.75 Å². The summed E-state index contributed by atoms with van der Waals surface area (Å²) >= 11 is 1.35. The maximum Gasteiger partial charge on any atom is 0.308 e. The first-order chi connectivity index (χ1) is 10.1. The molecule has 1 N–H and O–H groups in total. The number of aliphatic carboxylic acids is 1. The molecule has 0 aliphatic rings.